The molecule has 6 nitrogen and oxygen atoms in total. The molecule has 1 saturated heterocycles. The maximum Gasteiger partial charge on any atom is 0.191 e. The summed E-state index contributed by atoms with van der Waals surface area (Å²) in [5.74, 6) is 2.04. The summed E-state index contributed by atoms with van der Waals surface area (Å²) < 4.78 is 5.34. The zero-order valence-electron chi connectivity index (χ0n) is 15.9. The summed E-state index contributed by atoms with van der Waals surface area (Å²) in [7, 11) is 1.80. The summed E-state index contributed by atoms with van der Waals surface area (Å²) in [4.78, 5) is 6.85. The van der Waals surface area contributed by atoms with Gasteiger partial charge in [0.1, 0.15) is 0 Å². The minimum atomic E-state index is 0. The molecule has 0 radical (unpaired) electrons. The first kappa shape index (κ1) is 22.2. The van der Waals surface area contributed by atoms with Crippen LogP contribution in [0.15, 0.2) is 15.6 Å². The number of nitrogens with zero attached hydrogens (tertiary/aromatic N) is 3. The summed E-state index contributed by atoms with van der Waals surface area (Å²) in [6.45, 7) is 9.45. The molecule has 0 aliphatic carbocycles. The Bertz CT molecular complexity index is 495. The number of aromatic nitrogens is 1. The minimum absolute atomic E-state index is 0. The van der Waals surface area contributed by atoms with E-state index in [0.29, 0.717) is 12.5 Å². The molecular weight excluding hydrogens is 429 g/mol. The number of halogens is 1. The molecule has 0 amide bonds. The van der Waals surface area contributed by atoms with Crippen LogP contribution in [0.5, 0.6) is 0 Å². The van der Waals surface area contributed by atoms with E-state index in [2.05, 4.69) is 39.5 Å². The molecule has 1 aliphatic rings. The zero-order chi connectivity index (χ0) is 17.2. The first-order chi connectivity index (χ1) is 11.7. The first-order valence-electron chi connectivity index (χ1n) is 9.31. The smallest absolute Gasteiger partial charge is 0.191 e. The number of hydrogen-bond donors (Lipinski definition) is 2. The Morgan fingerprint density at radius 2 is 1.96 bits per heavy atom. The molecule has 1 aliphatic heterocycles. The van der Waals surface area contributed by atoms with Crippen molar-refractivity contribution in [2.24, 2.45) is 4.99 Å². The van der Waals surface area contributed by atoms with Crippen molar-refractivity contribution in [3.8, 4) is 0 Å². The average molecular weight is 463 g/mol. The quantitative estimate of drug-likeness (QED) is 0.281. The fourth-order valence-electron chi connectivity index (χ4n) is 2.95. The van der Waals surface area contributed by atoms with Crippen LogP contribution in [0.25, 0.3) is 0 Å². The second-order valence-electron chi connectivity index (χ2n) is 6.83. The lowest BCUT2D eigenvalue weighted by atomic mass is 10.1. The van der Waals surface area contributed by atoms with E-state index >= 15 is 0 Å². The molecule has 25 heavy (non-hydrogen) atoms. The third-order valence-corrected chi connectivity index (χ3v) is 4.46. The molecule has 0 atom stereocenters. The average Bonchev–Trinajstić information content (AvgIpc) is 2.91. The van der Waals surface area contributed by atoms with Crippen LogP contribution in [-0.2, 0) is 6.54 Å². The molecule has 2 heterocycles. The van der Waals surface area contributed by atoms with Crippen LogP contribution in [0.3, 0.4) is 0 Å². The molecule has 1 aromatic rings. The highest BCUT2D eigenvalue weighted by Gasteiger charge is 2.09. The van der Waals surface area contributed by atoms with Crippen LogP contribution in [0.4, 0.5) is 0 Å². The van der Waals surface area contributed by atoms with Crippen molar-refractivity contribution >= 4 is 29.9 Å². The molecule has 0 bridgehead atoms. The van der Waals surface area contributed by atoms with Gasteiger partial charge in [-0.2, -0.15) is 0 Å². The number of hydrogen-bond acceptors (Lipinski definition) is 4. The van der Waals surface area contributed by atoms with Gasteiger partial charge in [0.05, 0.1) is 12.2 Å². The minimum Gasteiger partial charge on any atom is -0.359 e. The predicted molar refractivity (Wildman–Crippen MR) is 114 cm³/mol. The van der Waals surface area contributed by atoms with Gasteiger partial charge >= 0.3 is 0 Å². The molecule has 0 aromatic carbocycles. The van der Waals surface area contributed by atoms with Crippen LogP contribution < -0.4 is 10.6 Å². The Balaban J connectivity index is 0.00000312. The van der Waals surface area contributed by atoms with Gasteiger partial charge in [0.2, 0.25) is 0 Å². The van der Waals surface area contributed by atoms with Gasteiger partial charge < -0.3 is 20.1 Å². The van der Waals surface area contributed by atoms with E-state index in [1.165, 1.54) is 45.3 Å². The summed E-state index contributed by atoms with van der Waals surface area (Å²) in [6.07, 6.45) is 6.63. The third kappa shape index (κ3) is 8.40. The topological polar surface area (TPSA) is 65.7 Å². The van der Waals surface area contributed by atoms with E-state index in [-0.39, 0.29) is 24.0 Å². The predicted octanol–water partition coefficient (Wildman–Crippen LogP) is 3.35. The number of guanidine groups is 1. The molecule has 1 fully saturated rings. The second kappa shape index (κ2) is 12.5. The second-order valence-corrected chi connectivity index (χ2v) is 6.83. The maximum atomic E-state index is 5.34. The highest BCUT2D eigenvalue weighted by atomic mass is 127. The molecule has 2 N–H and O–H groups in total. The van der Waals surface area contributed by atoms with Gasteiger partial charge in [-0.25, -0.2) is 0 Å². The van der Waals surface area contributed by atoms with Crippen molar-refractivity contribution in [3.05, 3.63) is 17.5 Å². The Morgan fingerprint density at radius 3 is 2.56 bits per heavy atom. The summed E-state index contributed by atoms with van der Waals surface area (Å²) in [6, 6.07) is 2.00. The Labute approximate surface area is 169 Å². The van der Waals surface area contributed by atoms with Gasteiger partial charge in [-0.15, -0.1) is 24.0 Å². The lowest BCUT2D eigenvalue weighted by molar-refractivity contribution is 0.282. The molecule has 1 aromatic heterocycles. The molecule has 7 heteroatoms. The van der Waals surface area contributed by atoms with Crippen molar-refractivity contribution in [2.45, 2.75) is 58.4 Å². The van der Waals surface area contributed by atoms with E-state index < -0.39 is 0 Å². The molecule has 144 valence electrons. The van der Waals surface area contributed by atoms with E-state index in [9.17, 15) is 0 Å². The molecule has 0 spiro atoms. The van der Waals surface area contributed by atoms with Crippen molar-refractivity contribution in [1.82, 2.24) is 20.7 Å². The third-order valence-electron chi connectivity index (χ3n) is 4.46. The number of nitrogens with one attached hydrogen (secondary N) is 2. The lowest BCUT2D eigenvalue weighted by Crippen LogP contribution is -2.38. The van der Waals surface area contributed by atoms with E-state index in [4.69, 9.17) is 4.52 Å². The highest BCUT2D eigenvalue weighted by Crippen LogP contribution is 2.13. The van der Waals surface area contributed by atoms with Crippen LogP contribution in [0, 0.1) is 0 Å². The van der Waals surface area contributed by atoms with Gasteiger partial charge in [0.25, 0.3) is 0 Å². The van der Waals surface area contributed by atoms with E-state index in [1.54, 1.807) is 7.05 Å². The van der Waals surface area contributed by atoms with Gasteiger partial charge in [0, 0.05) is 19.7 Å². The Kier molecular flexibility index (Phi) is 11.1. The van der Waals surface area contributed by atoms with Crippen molar-refractivity contribution in [3.63, 3.8) is 0 Å². The van der Waals surface area contributed by atoms with Crippen molar-refractivity contribution in [2.75, 3.05) is 33.2 Å². The normalized spacial score (nSPS) is 16.4. The van der Waals surface area contributed by atoms with Crippen LogP contribution in [0.1, 0.15) is 63.3 Å². The van der Waals surface area contributed by atoms with Crippen LogP contribution in [-0.4, -0.2) is 49.2 Å². The van der Waals surface area contributed by atoms with Gasteiger partial charge in [-0.05, 0) is 44.8 Å². The number of rotatable bonds is 7. The Hall–Kier alpha value is -0.830. The van der Waals surface area contributed by atoms with Gasteiger partial charge in [0.15, 0.2) is 11.7 Å². The monoisotopic (exact) mass is 463 g/mol. The Morgan fingerprint density at radius 1 is 1.24 bits per heavy atom. The van der Waals surface area contributed by atoms with Crippen molar-refractivity contribution in [1.29, 1.82) is 0 Å². The van der Waals surface area contributed by atoms with E-state index in [0.717, 1.165) is 30.4 Å². The van der Waals surface area contributed by atoms with Crippen molar-refractivity contribution < 1.29 is 4.52 Å². The molecular formula is C18H34IN5O. The largest absolute Gasteiger partial charge is 0.359 e. The highest BCUT2D eigenvalue weighted by molar-refractivity contribution is 14.0. The summed E-state index contributed by atoms with van der Waals surface area (Å²) in [5.41, 5.74) is 0.993. The molecule has 0 saturated carbocycles. The van der Waals surface area contributed by atoms with Crippen LogP contribution >= 0.6 is 24.0 Å². The van der Waals surface area contributed by atoms with E-state index in [1.807, 2.05) is 6.07 Å². The fourth-order valence-corrected chi connectivity index (χ4v) is 2.95. The molecule has 2 rings (SSSR count). The fraction of sp³-hybridized carbons (Fsp3) is 0.778. The summed E-state index contributed by atoms with van der Waals surface area (Å²) >= 11 is 0. The number of aliphatic imine (C=N–C) groups is 1. The standard InChI is InChI=1S/C18H33N5O.HI/c1-15(2)17-13-16(24-22-17)14-21-18(19-3)20-9-8-12-23-10-6-4-5-7-11-23;/h13,15H,4-12,14H2,1-3H3,(H2,19,20,21);1H. The number of likely N-dealkylation sites (tertiary alicyclic amines) is 1. The first-order valence-corrected chi connectivity index (χ1v) is 9.31. The maximum absolute atomic E-state index is 5.34. The van der Waals surface area contributed by atoms with Gasteiger partial charge in [-0.3, -0.25) is 4.99 Å². The summed E-state index contributed by atoms with van der Waals surface area (Å²) in [5, 5.41) is 10.7. The zero-order valence-corrected chi connectivity index (χ0v) is 18.2. The lowest BCUT2D eigenvalue weighted by Gasteiger charge is -2.20. The SMILES string of the molecule is CN=C(NCCCN1CCCCCC1)NCc1cc(C(C)C)no1.I. The van der Waals surface area contributed by atoms with Gasteiger partial charge in [-0.1, -0.05) is 31.8 Å². The molecule has 0 unspecified atom stereocenters. The van der Waals surface area contributed by atoms with Crippen LogP contribution in [0.2, 0.25) is 0 Å².